The summed E-state index contributed by atoms with van der Waals surface area (Å²) in [5.41, 5.74) is 2.49. The normalized spacial score (nSPS) is 11.4. The lowest BCUT2D eigenvalue weighted by Gasteiger charge is -1.97. The summed E-state index contributed by atoms with van der Waals surface area (Å²) in [5.74, 6) is -0.830. The molecule has 4 nitrogen and oxygen atoms in total. The third-order valence-electron chi connectivity index (χ3n) is 3.74. The lowest BCUT2D eigenvalue weighted by molar-refractivity contribution is 0.629. The van der Waals surface area contributed by atoms with Gasteiger partial charge in [0.05, 0.1) is 5.69 Å². The Kier molecular flexibility index (Phi) is 2.59. The van der Waals surface area contributed by atoms with Crippen molar-refractivity contribution < 1.29 is 8.78 Å². The number of halogens is 2. The number of rotatable bonds is 2. The highest BCUT2D eigenvalue weighted by Crippen LogP contribution is 2.40. The molecule has 6 heteroatoms. The van der Waals surface area contributed by atoms with Crippen molar-refractivity contribution in [2.24, 2.45) is 5.18 Å². The van der Waals surface area contributed by atoms with Crippen molar-refractivity contribution in [1.82, 2.24) is 9.97 Å². The Morgan fingerprint density at radius 1 is 0.909 bits per heavy atom. The van der Waals surface area contributed by atoms with Gasteiger partial charge in [0.1, 0.15) is 17.3 Å². The van der Waals surface area contributed by atoms with Crippen molar-refractivity contribution in [2.75, 3.05) is 0 Å². The second-order valence-electron chi connectivity index (χ2n) is 5.02. The van der Waals surface area contributed by atoms with Crippen LogP contribution < -0.4 is 0 Å². The zero-order valence-corrected chi connectivity index (χ0v) is 11.2. The summed E-state index contributed by atoms with van der Waals surface area (Å²) in [6, 6.07) is 8.43. The minimum absolute atomic E-state index is 0.111. The maximum absolute atomic E-state index is 13.5. The highest BCUT2D eigenvalue weighted by Gasteiger charge is 2.17. The Balaban J connectivity index is 2.07. The fourth-order valence-electron chi connectivity index (χ4n) is 2.74. The molecule has 0 aliphatic carbocycles. The van der Waals surface area contributed by atoms with Crippen molar-refractivity contribution >= 4 is 27.5 Å². The van der Waals surface area contributed by atoms with E-state index < -0.39 is 5.82 Å². The average Bonchev–Trinajstić information content (AvgIpc) is 3.06. The van der Waals surface area contributed by atoms with Gasteiger partial charge in [0.2, 0.25) is 0 Å². The van der Waals surface area contributed by atoms with Crippen molar-refractivity contribution in [2.45, 2.75) is 0 Å². The molecular formula is C16H9F2N3O. The molecule has 0 aliphatic heterocycles. The maximum atomic E-state index is 13.5. The number of fused-ring (bicyclic) bond motifs is 2. The van der Waals surface area contributed by atoms with Crippen LogP contribution in [0.1, 0.15) is 0 Å². The highest BCUT2D eigenvalue weighted by atomic mass is 19.1. The van der Waals surface area contributed by atoms with E-state index >= 15 is 0 Å². The van der Waals surface area contributed by atoms with E-state index in [0.717, 1.165) is 5.52 Å². The van der Waals surface area contributed by atoms with Gasteiger partial charge in [0.15, 0.2) is 0 Å². The van der Waals surface area contributed by atoms with Crippen LogP contribution in [0.5, 0.6) is 0 Å². The Morgan fingerprint density at radius 3 is 2.32 bits per heavy atom. The number of H-pyrrole nitrogens is 2. The van der Waals surface area contributed by atoms with Gasteiger partial charge in [0, 0.05) is 33.6 Å². The monoisotopic (exact) mass is 297 g/mol. The zero-order valence-electron chi connectivity index (χ0n) is 11.2. The molecular weight excluding hydrogens is 288 g/mol. The van der Waals surface area contributed by atoms with Crippen LogP contribution >= 0.6 is 0 Å². The van der Waals surface area contributed by atoms with Crippen LogP contribution in [0.4, 0.5) is 14.5 Å². The van der Waals surface area contributed by atoms with Gasteiger partial charge in [-0.15, -0.1) is 4.91 Å². The summed E-state index contributed by atoms with van der Waals surface area (Å²) in [6.07, 6.45) is 1.67. The largest absolute Gasteiger partial charge is 0.360 e. The first kappa shape index (κ1) is 12.7. The first-order valence-corrected chi connectivity index (χ1v) is 6.59. The summed E-state index contributed by atoms with van der Waals surface area (Å²) in [7, 11) is 0. The van der Waals surface area contributed by atoms with E-state index in [1.54, 1.807) is 12.3 Å². The fourth-order valence-corrected chi connectivity index (χ4v) is 2.74. The summed E-state index contributed by atoms with van der Waals surface area (Å²) in [5, 5.41) is 4.05. The number of nitrogens with zero attached hydrogens (tertiary/aromatic N) is 1. The number of nitrogens with one attached hydrogen (secondary N) is 2. The minimum atomic E-state index is -0.451. The van der Waals surface area contributed by atoms with E-state index in [1.165, 1.54) is 30.3 Å². The molecule has 2 aromatic carbocycles. The molecule has 4 rings (SSSR count). The summed E-state index contributed by atoms with van der Waals surface area (Å²) >= 11 is 0. The Bertz CT molecular complexity index is 1030. The Hall–Kier alpha value is -3.02. The van der Waals surface area contributed by atoms with E-state index in [0.29, 0.717) is 27.5 Å². The van der Waals surface area contributed by atoms with Crippen molar-refractivity contribution in [3.05, 3.63) is 59.1 Å². The van der Waals surface area contributed by atoms with Crippen LogP contribution in [-0.2, 0) is 0 Å². The molecule has 0 saturated heterocycles. The van der Waals surface area contributed by atoms with Crippen LogP contribution in [0.3, 0.4) is 0 Å². The number of hydrogen-bond donors (Lipinski definition) is 2. The van der Waals surface area contributed by atoms with Crippen LogP contribution in [-0.4, -0.2) is 9.97 Å². The number of nitroso groups, excluding NO2 is 1. The Labute approximate surface area is 122 Å². The van der Waals surface area contributed by atoms with Crippen LogP contribution in [0.25, 0.3) is 33.1 Å². The predicted molar refractivity (Wildman–Crippen MR) is 81.0 cm³/mol. The standard InChI is InChI=1S/C16H9F2N3O/c17-8-1-3-13-10(5-8)12(7-19-13)15-16(21-22)11-6-9(18)2-4-14(11)20-15/h1-7,19-20H. The van der Waals surface area contributed by atoms with E-state index in [1.807, 2.05) is 0 Å². The molecule has 0 fully saturated rings. The molecule has 0 amide bonds. The van der Waals surface area contributed by atoms with Crippen molar-refractivity contribution in [1.29, 1.82) is 0 Å². The van der Waals surface area contributed by atoms with Crippen molar-refractivity contribution in [3.63, 3.8) is 0 Å². The molecule has 0 unspecified atom stereocenters. The third-order valence-corrected chi connectivity index (χ3v) is 3.74. The van der Waals surface area contributed by atoms with E-state index in [9.17, 15) is 13.7 Å². The molecule has 4 aromatic rings. The molecule has 2 aromatic heterocycles. The highest BCUT2D eigenvalue weighted by molar-refractivity contribution is 6.05. The average molecular weight is 297 g/mol. The molecule has 108 valence electrons. The second-order valence-corrected chi connectivity index (χ2v) is 5.02. The molecule has 0 bridgehead atoms. The van der Waals surface area contributed by atoms with Crippen LogP contribution in [0.15, 0.2) is 47.8 Å². The number of benzene rings is 2. The van der Waals surface area contributed by atoms with Gasteiger partial charge in [-0.2, -0.15) is 0 Å². The smallest absolute Gasteiger partial charge is 0.141 e. The molecule has 0 radical (unpaired) electrons. The zero-order chi connectivity index (χ0) is 15.3. The predicted octanol–water partition coefficient (Wildman–Crippen LogP) is 4.99. The van der Waals surface area contributed by atoms with Crippen LogP contribution in [0.2, 0.25) is 0 Å². The molecule has 0 atom stereocenters. The van der Waals surface area contributed by atoms with Gasteiger partial charge >= 0.3 is 0 Å². The topological polar surface area (TPSA) is 61.0 Å². The summed E-state index contributed by atoms with van der Waals surface area (Å²) in [6.45, 7) is 0. The van der Waals surface area contributed by atoms with Gasteiger partial charge in [-0.25, -0.2) is 8.78 Å². The van der Waals surface area contributed by atoms with Gasteiger partial charge in [-0.05, 0) is 41.6 Å². The molecule has 22 heavy (non-hydrogen) atoms. The quantitative estimate of drug-likeness (QED) is 0.503. The van der Waals surface area contributed by atoms with E-state index in [2.05, 4.69) is 15.1 Å². The summed E-state index contributed by atoms with van der Waals surface area (Å²) in [4.78, 5) is 17.3. The minimum Gasteiger partial charge on any atom is -0.360 e. The van der Waals surface area contributed by atoms with Crippen LogP contribution in [0, 0.1) is 16.5 Å². The molecule has 2 N–H and O–H groups in total. The third kappa shape index (κ3) is 1.74. The van der Waals surface area contributed by atoms with E-state index in [4.69, 9.17) is 0 Å². The fraction of sp³-hybridized carbons (Fsp3) is 0. The van der Waals surface area contributed by atoms with E-state index in [-0.39, 0.29) is 11.5 Å². The van der Waals surface area contributed by atoms with Gasteiger partial charge in [-0.1, -0.05) is 0 Å². The second kappa shape index (κ2) is 4.49. The number of hydrogen-bond acceptors (Lipinski definition) is 2. The number of aromatic amines is 2. The molecule has 0 aliphatic rings. The van der Waals surface area contributed by atoms with Gasteiger partial charge in [0.25, 0.3) is 0 Å². The lowest BCUT2D eigenvalue weighted by atomic mass is 10.1. The molecule has 2 heterocycles. The summed E-state index contributed by atoms with van der Waals surface area (Å²) < 4.78 is 26.9. The van der Waals surface area contributed by atoms with Gasteiger partial charge in [-0.3, -0.25) is 0 Å². The van der Waals surface area contributed by atoms with Gasteiger partial charge < -0.3 is 9.97 Å². The first-order valence-electron chi connectivity index (χ1n) is 6.59. The first-order chi connectivity index (χ1) is 10.7. The van der Waals surface area contributed by atoms with Crippen molar-refractivity contribution in [3.8, 4) is 11.3 Å². The molecule has 0 spiro atoms. The SMILES string of the molecule is O=Nc1c(-c2c[nH]c3ccc(F)cc23)[nH]c2ccc(F)cc12. The number of aromatic nitrogens is 2. The lowest BCUT2D eigenvalue weighted by Crippen LogP contribution is -1.77. The molecule has 0 saturated carbocycles. The Morgan fingerprint density at radius 2 is 1.59 bits per heavy atom. The maximum Gasteiger partial charge on any atom is 0.141 e.